The maximum absolute atomic E-state index is 12.7. The van der Waals surface area contributed by atoms with Gasteiger partial charge in [0.15, 0.2) is 0 Å². The van der Waals surface area contributed by atoms with E-state index in [4.69, 9.17) is 4.74 Å². The summed E-state index contributed by atoms with van der Waals surface area (Å²) in [7, 11) is 0. The monoisotopic (exact) mass is 288 g/mol. The smallest absolute Gasteiger partial charge is 0.493 e. The van der Waals surface area contributed by atoms with E-state index in [-0.39, 0.29) is 12.2 Å². The highest BCUT2D eigenvalue weighted by molar-refractivity contribution is 5.47. The Bertz CT molecular complexity index is 450. The van der Waals surface area contributed by atoms with Gasteiger partial charge in [0.05, 0.1) is 12.2 Å². The first-order valence-electron chi connectivity index (χ1n) is 5.15. The van der Waals surface area contributed by atoms with Crippen molar-refractivity contribution in [2.45, 2.75) is 26.4 Å². The average molecular weight is 288 g/mol. The zero-order chi connectivity index (χ0) is 14.8. The number of halogens is 6. The van der Waals surface area contributed by atoms with Crippen LogP contribution < -0.4 is 9.47 Å². The summed E-state index contributed by atoms with van der Waals surface area (Å²) < 4.78 is 82.6. The van der Waals surface area contributed by atoms with Gasteiger partial charge in [-0.1, -0.05) is 0 Å². The second-order valence-corrected chi connectivity index (χ2v) is 3.59. The third-order valence-corrected chi connectivity index (χ3v) is 2.11. The SMILES string of the molecule is CCOc1cc(OC(F)(F)F)c(C)cc1C(F)(F)F. The third kappa shape index (κ3) is 4.22. The molecule has 19 heavy (non-hydrogen) atoms. The second kappa shape index (κ2) is 5.18. The maximum atomic E-state index is 12.7. The van der Waals surface area contributed by atoms with E-state index in [2.05, 4.69) is 4.74 Å². The van der Waals surface area contributed by atoms with Crippen molar-refractivity contribution < 1.29 is 35.8 Å². The van der Waals surface area contributed by atoms with E-state index in [0.29, 0.717) is 12.1 Å². The molecule has 1 aromatic carbocycles. The molecular formula is C11H10F6O2. The normalized spacial score (nSPS) is 12.4. The highest BCUT2D eigenvalue weighted by Crippen LogP contribution is 2.40. The van der Waals surface area contributed by atoms with Gasteiger partial charge in [-0.05, 0) is 25.5 Å². The van der Waals surface area contributed by atoms with Crippen molar-refractivity contribution in [3.8, 4) is 11.5 Å². The maximum Gasteiger partial charge on any atom is 0.573 e. The predicted octanol–water partition coefficient (Wildman–Crippen LogP) is 4.31. The fourth-order valence-electron chi connectivity index (χ4n) is 1.40. The number of alkyl halides is 6. The molecule has 0 radical (unpaired) electrons. The molecule has 0 heterocycles. The second-order valence-electron chi connectivity index (χ2n) is 3.59. The number of ether oxygens (including phenoxy) is 2. The van der Waals surface area contributed by atoms with Crippen LogP contribution in [0.1, 0.15) is 18.1 Å². The first kappa shape index (κ1) is 15.5. The van der Waals surface area contributed by atoms with Crippen molar-refractivity contribution in [3.63, 3.8) is 0 Å². The van der Waals surface area contributed by atoms with Gasteiger partial charge in [-0.3, -0.25) is 0 Å². The molecule has 0 aromatic heterocycles. The number of rotatable bonds is 3. The molecule has 0 bridgehead atoms. The number of benzene rings is 1. The lowest BCUT2D eigenvalue weighted by Crippen LogP contribution is -2.18. The molecule has 8 heteroatoms. The first-order chi connectivity index (χ1) is 8.54. The summed E-state index contributed by atoms with van der Waals surface area (Å²) >= 11 is 0. The topological polar surface area (TPSA) is 18.5 Å². The molecule has 0 fully saturated rings. The molecule has 0 atom stereocenters. The van der Waals surface area contributed by atoms with E-state index in [1.165, 1.54) is 6.92 Å². The molecule has 0 unspecified atom stereocenters. The molecular weight excluding hydrogens is 278 g/mol. The van der Waals surface area contributed by atoms with Gasteiger partial charge in [0.2, 0.25) is 0 Å². The van der Waals surface area contributed by atoms with Crippen LogP contribution in [0, 0.1) is 6.92 Å². The minimum Gasteiger partial charge on any atom is -0.493 e. The Morgan fingerprint density at radius 3 is 2.00 bits per heavy atom. The molecule has 0 N–H and O–H groups in total. The van der Waals surface area contributed by atoms with E-state index in [1.54, 1.807) is 0 Å². The summed E-state index contributed by atoms with van der Waals surface area (Å²) in [4.78, 5) is 0. The van der Waals surface area contributed by atoms with Crippen molar-refractivity contribution in [3.05, 3.63) is 23.3 Å². The fourth-order valence-corrected chi connectivity index (χ4v) is 1.40. The van der Waals surface area contributed by atoms with Crippen LogP contribution >= 0.6 is 0 Å². The van der Waals surface area contributed by atoms with Gasteiger partial charge in [-0.15, -0.1) is 13.2 Å². The quantitative estimate of drug-likeness (QED) is 0.771. The van der Waals surface area contributed by atoms with Gasteiger partial charge in [0.1, 0.15) is 11.5 Å². The minimum atomic E-state index is -4.98. The summed E-state index contributed by atoms with van der Waals surface area (Å²) in [6, 6.07) is 1.15. The van der Waals surface area contributed by atoms with Crippen molar-refractivity contribution in [1.82, 2.24) is 0 Å². The third-order valence-electron chi connectivity index (χ3n) is 2.11. The van der Waals surface area contributed by atoms with Gasteiger partial charge in [-0.25, -0.2) is 0 Å². The molecule has 0 spiro atoms. The average Bonchev–Trinajstić information content (AvgIpc) is 2.19. The standard InChI is InChI=1S/C11H10F6O2/c1-3-18-9-5-8(19-11(15,16)17)6(2)4-7(9)10(12,13)14/h4-5H,3H2,1-2H3. The zero-order valence-corrected chi connectivity index (χ0v) is 9.95. The van der Waals surface area contributed by atoms with Crippen LogP contribution in [0.15, 0.2) is 12.1 Å². The molecule has 0 saturated carbocycles. The van der Waals surface area contributed by atoms with Gasteiger partial charge in [-0.2, -0.15) is 13.2 Å². The lowest BCUT2D eigenvalue weighted by Gasteiger charge is -2.17. The van der Waals surface area contributed by atoms with Crippen LogP contribution in [0.25, 0.3) is 0 Å². The van der Waals surface area contributed by atoms with Crippen molar-refractivity contribution >= 4 is 0 Å². The Hall–Kier alpha value is -1.60. The zero-order valence-electron chi connectivity index (χ0n) is 9.95. The van der Waals surface area contributed by atoms with Crippen LogP contribution in [-0.2, 0) is 6.18 Å². The van der Waals surface area contributed by atoms with E-state index >= 15 is 0 Å². The van der Waals surface area contributed by atoms with Crippen LogP contribution in [0.2, 0.25) is 0 Å². The molecule has 1 aromatic rings. The van der Waals surface area contributed by atoms with Crippen molar-refractivity contribution in [1.29, 1.82) is 0 Å². The van der Waals surface area contributed by atoms with Gasteiger partial charge < -0.3 is 9.47 Å². The Morgan fingerprint density at radius 1 is 1.00 bits per heavy atom. The molecule has 0 aliphatic heterocycles. The van der Waals surface area contributed by atoms with Crippen LogP contribution in [-0.4, -0.2) is 13.0 Å². The van der Waals surface area contributed by atoms with Crippen molar-refractivity contribution in [2.24, 2.45) is 0 Å². The Labute approximate surface area is 104 Å². The highest BCUT2D eigenvalue weighted by Gasteiger charge is 2.37. The fraction of sp³-hybridized carbons (Fsp3) is 0.455. The highest BCUT2D eigenvalue weighted by atomic mass is 19.4. The molecule has 1 rings (SSSR count). The number of hydrogen-bond acceptors (Lipinski definition) is 2. The first-order valence-corrected chi connectivity index (χ1v) is 5.15. The van der Waals surface area contributed by atoms with E-state index < -0.39 is 29.6 Å². The Morgan fingerprint density at radius 2 is 1.58 bits per heavy atom. The summed E-state index contributed by atoms with van der Waals surface area (Å²) in [5.41, 5.74) is -1.42. The van der Waals surface area contributed by atoms with Crippen LogP contribution in [0.5, 0.6) is 11.5 Å². The van der Waals surface area contributed by atoms with Crippen LogP contribution in [0.3, 0.4) is 0 Å². The molecule has 0 aliphatic carbocycles. The summed E-state index contributed by atoms with van der Waals surface area (Å²) in [6.07, 6.45) is -9.69. The molecule has 2 nitrogen and oxygen atoms in total. The summed E-state index contributed by atoms with van der Waals surface area (Å²) in [6.45, 7) is 2.40. The van der Waals surface area contributed by atoms with Gasteiger partial charge in [0.25, 0.3) is 0 Å². The molecule has 0 aliphatic rings. The minimum absolute atomic E-state index is 0.113. The van der Waals surface area contributed by atoms with Gasteiger partial charge in [0, 0.05) is 6.07 Å². The largest absolute Gasteiger partial charge is 0.573 e. The lowest BCUT2D eigenvalue weighted by molar-refractivity contribution is -0.274. The molecule has 108 valence electrons. The van der Waals surface area contributed by atoms with E-state index in [0.717, 1.165) is 6.92 Å². The summed E-state index contributed by atoms with van der Waals surface area (Å²) in [5.74, 6) is -1.41. The van der Waals surface area contributed by atoms with E-state index in [9.17, 15) is 26.3 Å². The Balaban J connectivity index is 3.28. The predicted molar refractivity (Wildman–Crippen MR) is 54.0 cm³/mol. The van der Waals surface area contributed by atoms with Crippen LogP contribution in [0.4, 0.5) is 26.3 Å². The molecule has 0 saturated heterocycles. The molecule has 0 amide bonds. The summed E-state index contributed by atoms with van der Waals surface area (Å²) in [5, 5.41) is 0. The lowest BCUT2D eigenvalue weighted by atomic mass is 10.1. The number of aryl methyl sites for hydroxylation is 1. The number of hydrogen-bond donors (Lipinski definition) is 0. The Kier molecular flexibility index (Phi) is 4.21. The van der Waals surface area contributed by atoms with E-state index in [1.807, 2.05) is 0 Å². The van der Waals surface area contributed by atoms with Crippen molar-refractivity contribution in [2.75, 3.05) is 6.61 Å². The van der Waals surface area contributed by atoms with Gasteiger partial charge >= 0.3 is 12.5 Å².